The topological polar surface area (TPSA) is 97.1 Å². The molecule has 0 unspecified atom stereocenters. The van der Waals surface area contributed by atoms with E-state index in [9.17, 15) is 27.2 Å². The minimum Gasteiger partial charge on any atom is -0.349 e. The molecule has 182 valence electrons. The van der Waals surface area contributed by atoms with Crippen molar-refractivity contribution >= 4 is 11.8 Å². The first-order valence-corrected chi connectivity index (χ1v) is 10.9. The first kappa shape index (κ1) is 24.3. The van der Waals surface area contributed by atoms with Gasteiger partial charge < -0.3 is 16.4 Å². The summed E-state index contributed by atoms with van der Waals surface area (Å²) in [5, 5.41) is 5.25. The van der Waals surface area contributed by atoms with E-state index in [-0.39, 0.29) is 41.4 Å². The highest BCUT2D eigenvalue weighted by Crippen LogP contribution is 2.32. The molecule has 1 fully saturated rings. The number of carbonyl (C=O) groups is 2. The minimum atomic E-state index is -4.54. The largest absolute Gasteiger partial charge is 0.416 e. The maximum Gasteiger partial charge on any atom is 0.416 e. The molecule has 2 amide bonds. The predicted octanol–water partition coefficient (Wildman–Crippen LogP) is 4.19. The number of carbonyl (C=O) groups excluding carboxylic acids is 2. The van der Waals surface area contributed by atoms with Crippen LogP contribution in [0.4, 0.5) is 17.6 Å². The van der Waals surface area contributed by atoms with Crippen LogP contribution in [0.3, 0.4) is 0 Å². The van der Waals surface area contributed by atoms with Crippen molar-refractivity contribution in [3.63, 3.8) is 0 Å². The van der Waals surface area contributed by atoms with E-state index in [1.165, 1.54) is 42.6 Å². The molecule has 1 heterocycles. The van der Waals surface area contributed by atoms with Crippen molar-refractivity contribution in [2.75, 3.05) is 0 Å². The number of alkyl halides is 3. The Morgan fingerprint density at radius 3 is 2.40 bits per heavy atom. The molecule has 0 bridgehead atoms. The summed E-state index contributed by atoms with van der Waals surface area (Å²) in [4.78, 5) is 29.1. The summed E-state index contributed by atoms with van der Waals surface area (Å²) in [5.41, 5.74) is 5.84. The zero-order valence-electron chi connectivity index (χ0n) is 18.5. The molecule has 0 atom stereocenters. The van der Waals surface area contributed by atoms with Crippen LogP contribution in [0.15, 0.2) is 54.7 Å². The Morgan fingerprint density at radius 2 is 1.77 bits per heavy atom. The van der Waals surface area contributed by atoms with E-state index in [1.807, 2.05) is 0 Å². The highest BCUT2D eigenvalue weighted by molar-refractivity contribution is 5.96. The van der Waals surface area contributed by atoms with Gasteiger partial charge in [-0.2, -0.15) is 13.2 Å². The molecule has 4 rings (SSSR count). The summed E-state index contributed by atoms with van der Waals surface area (Å²) in [7, 11) is 0. The summed E-state index contributed by atoms with van der Waals surface area (Å²) in [6, 6.07) is 10.6. The molecule has 4 N–H and O–H groups in total. The van der Waals surface area contributed by atoms with E-state index >= 15 is 0 Å². The Morgan fingerprint density at radius 1 is 1.03 bits per heavy atom. The average Bonchev–Trinajstić information content (AvgIpc) is 3.65. The summed E-state index contributed by atoms with van der Waals surface area (Å²) in [6.07, 6.45) is -1.54. The Kier molecular flexibility index (Phi) is 6.83. The maximum atomic E-state index is 14.7. The van der Waals surface area contributed by atoms with Gasteiger partial charge in [-0.15, -0.1) is 0 Å². The number of pyridine rings is 1. The van der Waals surface area contributed by atoms with Crippen molar-refractivity contribution in [2.45, 2.75) is 38.1 Å². The Labute approximate surface area is 198 Å². The van der Waals surface area contributed by atoms with Gasteiger partial charge in [-0.3, -0.25) is 14.6 Å². The molecule has 3 aromatic rings. The molecule has 6 nitrogen and oxygen atoms in total. The molecule has 0 saturated heterocycles. The van der Waals surface area contributed by atoms with Crippen LogP contribution in [-0.4, -0.2) is 22.8 Å². The van der Waals surface area contributed by atoms with Gasteiger partial charge in [0.15, 0.2) is 0 Å². The molecule has 1 aromatic heterocycles. The number of halogens is 4. The number of nitrogens with two attached hydrogens (primary N) is 1. The summed E-state index contributed by atoms with van der Waals surface area (Å²) >= 11 is 0. The molecule has 2 aromatic carbocycles. The van der Waals surface area contributed by atoms with Gasteiger partial charge >= 0.3 is 6.18 Å². The lowest BCUT2D eigenvalue weighted by molar-refractivity contribution is -0.138. The fourth-order valence-electron chi connectivity index (χ4n) is 3.62. The van der Waals surface area contributed by atoms with E-state index in [0.29, 0.717) is 11.3 Å². The van der Waals surface area contributed by atoms with Crippen LogP contribution in [0.5, 0.6) is 0 Å². The fourth-order valence-corrected chi connectivity index (χ4v) is 3.62. The first-order chi connectivity index (χ1) is 16.7. The highest BCUT2D eigenvalue weighted by atomic mass is 19.4. The molecular weight excluding hydrogens is 464 g/mol. The lowest BCUT2D eigenvalue weighted by Crippen LogP contribution is -2.25. The minimum absolute atomic E-state index is 0.0673. The number of hydrogen-bond acceptors (Lipinski definition) is 4. The third-order valence-corrected chi connectivity index (χ3v) is 5.64. The molecule has 0 radical (unpaired) electrons. The number of aromatic nitrogens is 1. The number of amides is 2. The SMILES string of the molecule is NCc1c(F)cc(C(=O)NC2CC2)cc1-c1ccc(C(=O)NCc2ccccc2C(F)(F)F)cn1. The molecule has 1 aliphatic rings. The van der Waals surface area contributed by atoms with Gasteiger partial charge in [0.05, 0.1) is 16.8 Å². The van der Waals surface area contributed by atoms with Crippen molar-refractivity contribution in [3.8, 4) is 11.3 Å². The third kappa shape index (κ3) is 5.65. The van der Waals surface area contributed by atoms with E-state index in [0.717, 1.165) is 25.0 Å². The molecule has 1 aliphatic carbocycles. The van der Waals surface area contributed by atoms with Crippen LogP contribution >= 0.6 is 0 Å². The van der Waals surface area contributed by atoms with E-state index in [2.05, 4.69) is 15.6 Å². The first-order valence-electron chi connectivity index (χ1n) is 10.9. The second kappa shape index (κ2) is 9.83. The smallest absolute Gasteiger partial charge is 0.349 e. The van der Waals surface area contributed by atoms with E-state index in [1.54, 1.807) is 0 Å². The molecule has 10 heteroatoms. The highest BCUT2D eigenvalue weighted by Gasteiger charge is 2.33. The molecule has 0 aliphatic heterocycles. The van der Waals surface area contributed by atoms with E-state index in [4.69, 9.17) is 5.73 Å². The van der Waals surface area contributed by atoms with Crippen LogP contribution in [0.25, 0.3) is 11.3 Å². The number of benzene rings is 2. The van der Waals surface area contributed by atoms with E-state index < -0.39 is 29.4 Å². The fraction of sp³-hybridized carbons (Fsp3) is 0.240. The maximum absolute atomic E-state index is 14.7. The lowest BCUT2D eigenvalue weighted by Gasteiger charge is -2.14. The number of hydrogen-bond donors (Lipinski definition) is 3. The normalized spacial score (nSPS) is 13.4. The zero-order chi connectivity index (χ0) is 25.2. The predicted molar refractivity (Wildman–Crippen MR) is 121 cm³/mol. The molecular formula is C25H22F4N4O2. The van der Waals surface area contributed by atoms with Gasteiger partial charge in [0.25, 0.3) is 11.8 Å². The zero-order valence-corrected chi connectivity index (χ0v) is 18.5. The van der Waals surface area contributed by atoms with Gasteiger partial charge in [-0.1, -0.05) is 18.2 Å². The second-order valence-corrected chi connectivity index (χ2v) is 8.21. The van der Waals surface area contributed by atoms with Crippen LogP contribution in [-0.2, 0) is 19.3 Å². The standard InChI is InChI=1S/C25H22F4N4O2/c26-21-10-16(24(35)33-17-6-7-17)9-18(19(21)11-30)22-8-5-15(13-31-22)23(34)32-12-14-3-1-2-4-20(14)25(27,28)29/h1-5,8-10,13,17H,6-7,11-12,30H2,(H,32,34)(H,33,35). The van der Waals surface area contributed by atoms with Crippen molar-refractivity contribution in [2.24, 2.45) is 5.73 Å². The molecule has 1 saturated carbocycles. The van der Waals surface area contributed by atoms with Gasteiger partial charge in [-0.25, -0.2) is 4.39 Å². The third-order valence-electron chi connectivity index (χ3n) is 5.64. The van der Waals surface area contributed by atoms with Crippen LogP contribution in [0.2, 0.25) is 0 Å². The van der Waals surface area contributed by atoms with Crippen molar-refractivity contribution in [1.82, 2.24) is 15.6 Å². The molecule has 35 heavy (non-hydrogen) atoms. The van der Waals surface area contributed by atoms with Gasteiger partial charge in [0, 0.05) is 42.0 Å². The van der Waals surface area contributed by atoms with Crippen molar-refractivity contribution in [3.05, 3.63) is 88.4 Å². The second-order valence-electron chi connectivity index (χ2n) is 8.21. The monoisotopic (exact) mass is 486 g/mol. The number of nitrogens with one attached hydrogen (secondary N) is 2. The summed E-state index contributed by atoms with van der Waals surface area (Å²) in [5.74, 6) is -1.66. The summed E-state index contributed by atoms with van der Waals surface area (Å²) in [6.45, 7) is -0.453. The molecule has 0 spiro atoms. The van der Waals surface area contributed by atoms with Crippen LogP contribution < -0.4 is 16.4 Å². The summed E-state index contributed by atoms with van der Waals surface area (Å²) < 4.78 is 54.1. The number of rotatable bonds is 7. The lowest BCUT2D eigenvalue weighted by atomic mass is 9.99. The Bertz CT molecular complexity index is 1260. The average molecular weight is 486 g/mol. The van der Waals surface area contributed by atoms with Crippen molar-refractivity contribution < 1.29 is 27.2 Å². The number of nitrogens with zero attached hydrogens (tertiary/aromatic N) is 1. The van der Waals surface area contributed by atoms with Gasteiger partial charge in [0.1, 0.15) is 5.82 Å². The Hall–Kier alpha value is -3.79. The van der Waals surface area contributed by atoms with Gasteiger partial charge in [0.2, 0.25) is 0 Å². The Balaban J connectivity index is 1.52. The van der Waals surface area contributed by atoms with Crippen LogP contribution in [0.1, 0.15) is 50.2 Å². The quantitative estimate of drug-likeness (QED) is 0.437. The van der Waals surface area contributed by atoms with Crippen molar-refractivity contribution in [1.29, 1.82) is 0 Å². The van der Waals surface area contributed by atoms with Crippen LogP contribution in [0, 0.1) is 5.82 Å². The van der Waals surface area contributed by atoms with Gasteiger partial charge in [-0.05, 0) is 48.7 Å².